The molecular weight excluding hydrogens is 403 g/mol. The molecule has 1 aromatic carbocycles. The first-order chi connectivity index (χ1) is 13.7. The fraction of sp³-hybridized carbons (Fsp3) is 0.450. The number of benzene rings is 1. The summed E-state index contributed by atoms with van der Waals surface area (Å²) in [5.41, 5.74) is 0.243. The van der Waals surface area contributed by atoms with Crippen molar-refractivity contribution in [3.05, 3.63) is 59.9 Å². The van der Waals surface area contributed by atoms with E-state index in [1.54, 1.807) is 12.4 Å². The molecule has 2 aromatic rings. The monoisotopic (exact) mass is 427 g/mol. The van der Waals surface area contributed by atoms with Gasteiger partial charge in [-0.3, -0.25) is 9.88 Å². The van der Waals surface area contributed by atoms with Gasteiger partial charge in [0.2, 0.25) is 10.0 Å². The van der Waals surface area contributed by atoms with Crippen molar-refractivity contribution >= 4 is 10.0 Å². The van der Waals surface area contributed by atoms with E-state index in [9.17, 15) is 21.6 Å². The molecule has 5 nitrogen and oxygen atoms in total. The fourth-order valence-electron chi connectivity index (χ4n) is 3.62. The molecular formula is C20H24F3N3O2S. The summed E-state index contributed by atoms with van der Waals surface area (Å²) in [7, 11) is -3.84. The van der Waals surface area contributed by atoms with Gasteiger partial charge in [-0.1, -0.05) is 6.92 Å². The molecule has 29 heavy (non-hydrogen) atoms. The van der Waals surface area contributed by atoms with Crippen LogP contribution in [0.4, 0.5) is 13.2 Å². The third-order valence-electron chi connectivity index (χ3n) is 5.24. The predicted octanol–water partition coefficient (Wildman–Crippen LogP) is 3.78. The van der Waals surface area contributed by atoms with Crippen LogP contribution >= 0.6 is 0 Å². The molecule has 1 atom stereocenters. The van der Waals surface area contributed by atoms with E-state index in [0.717, 1.165) is 42.8 Å². The van der Waals surface area contributed by atoms with Crippen molar-refractivity contribution in [2.75, 3.05) is 19.6 Å². The maximum Gasteiger partial charge on any atom is 0.416 e. The number of aromatic nitrogens is 1. The SMILES string of the molecule is CCN(Cc1ccncc1)C1CCCN(S(=O)(=O)c2ccc(C(F)(F)F)cc2)C1. The minimum atomic E-state index is -4.49. The molecule has 0 radical (unpaired) electrons. The standard InChI is InChI=1S/C20H24F3N3O2S/c1-2-25(14-16-9-11-24-12-10-16)18-4-3-13-26(15-18)29(27,28)19-7-5-17(6-8-19)20(21,22)23/h5-12,18H,2-4,13-15H2,1H3. The van der Waals surface area contributed by atoms with Crippen LogP contribution in [0.5, 0.6) is 0 Å². The van der Waals surface area contributed by atoms with Crippen LogP contribution < -0.4 is 0 Å². The maximum atomic E-state index is 13.0. The Bertz CT molecular complexity index is 903. The molecule has 3 rings (SSSR count). The second kappa shape index (κ2) is 8.81. The fourth-order valence-corrected chi connectivity index (χ4v) is 5.14. The Hall–Kier alpha value is -1.97. The van der Waals surface area contributed by atoms with Crippen molar-refractivity contribution in [1.82, 2.24) is 14.2 Å². The Morgan fingerprint density at radius 1 is 1.14 bits per heavy atom. The second-order valence-electron chi connectivity index (χ2n) is 7.10. The molecule has 0 bridgehead atoms. The number of piperidine rings is 1. The third-order valence-corrected chi connectivity index (χ3v) is 7.12. The van der Waals surface area contributed by atoms with Gasteiger partial charge in [0, 0.05) is 38.1 Å². The third kappa shape index (κ3) is 5.15. The molecule has 0 spiro atoms. The number of hydrogen-bond acceptors (Lipinski definition) is 4. The summed E-state index contributed by atoms with van der Waals surface area (Å²) in [6, 6.07) is 7.62. The molecule has 9 heteroatoms. The number of halogens is 3. The highest BCUT2D eigenvalue weighted by Crippen LogP contribution is 2.31. The molecule has 1 unspecified atom stereocenters. The molecule has 1 fully saturated rings. The van der Waals surface area contributed by atoms with Crippen LogP contribution in [0.1, 0.15) is 30.9 Å². The topological polar surface area (TPSA) is 53.5 Å². The molecule has 0 saturated carbocycles. The van der Waals surface area contributed by atoms with Crippen molar-refractivity contribution in [3.8, 4) is 0 Å². The van der Waals surface area contributed by atoms with Gasteiger partial charge >= 0.3 is 6.18 Å². The largest absolute Gasteiger partial charge is 0.416 e. The predicted molar refractivity (Wildman–Crippen MR) is 104 cm³/mol. The Balaban J connectivity index is 1.75. The average molecular weight is 427 g/mol. The molecule has 1 aliphatic rings. The quantitative estimate of drug-likeness (QED) is 0.704. The summed E-state index contributed by atoms with van der Waals surface area (Å²) in [6.07, 6.45) is 0.541. The zero-order valence-corrected chi connectivity index (χ0v) is 17.0. The first-order valence-corrected chi connectivity index (χ1v) is 11.0. The number of nitrogens with zero attached hydrogens (tertiary/aromatic N) is 3. The number of likely N-dealkylation sites (N-methyl/N-ethyl adjacent to an activating group) is 1. The van der Waals surface area contributed by atoms with Gasteiger partial charge in [-0.05, 0) is 61.3 Å². The Morgan fingerprint density at radius 2 is 1.79 bits per heavy atom. The minimum absolute atomic E-state index is 0.0474. The highest BCUT2D eigenvalue weighted by Gasteiger charge is 2.34. The van der Waals surface area contributed by atoms with E-state index < -0.39 is 21.8 Å². The smallest absolute Gasteiger partial charge is 0.295 e. The summed E-state index contributed by atoms with van der Waals surface area (Å²) in [6.45, 7) is 4.18. The van der Waals surface area contributed by atoms with E-state index in [2.05, 4.69) is 9.88 Å². The van der Waals surface area contributed by atoms with Gasteiger partial charge in [0.05, 0.1) is 10.5 Å². The van der Waals surface area contributed by atoms with Crippen molar-refractivity contribution in [2.45, 2.75) is 43.4 Å². The highest BCUT2D eigenvalue weighted by molar-refractivity contribution is 7.89. The zero-order valence-electron chi connectivity index (χ0n) is 16.1. The minimum Gasteiger partial charge on any atom is -0.295 e. The van der Waals surface area contributed by atoms with E-state index in [-0.39, 0.29) is 10.9 Å². The lowest BCUT2D eigenvalue weighted by Crippen LogP contribution is -2.49. The lowest BCUT2D eigenvalue weighted by Gasteiger charge is -2.38. The van der Waals surface area contributed by atoms with E-state index in [1.807, 2.05) is 19.1 Å². The van der Waals surface area contributed by atoms with Gasteiger partial charge in [-0.15, -0.1) is 0 Å². The van der Waals surface area contributed by atoms with Gasteiger partial charge in [0.1, 0.15) is 0 Å². The van der Waals surface area contributed by atoms with Gasteiger partial charge in [-0.2, -0.15) is 17.5 Å². The lowest BCUT2D eigenvalue weighted by molar-refractivity contribution is -0.137. The number of rotatable bonds is 6. The first-order valence-electron chi connectivity index (χ1n) is 9.52. The van der Waals surface area contributed by atoms with Crippen LogP contribution in [0.2, 0.25) is 0 Å². The number of pyridine rings is 1. The molecule has 2 heterocycles. The molecule has 0 amide bonds. The molecule has 158 valence electrons. The van der Waals surface area contributed by atoms with Gasteiger partial charge in [0.25, 0.3) is 0 Å². The van der Waals surface area contributed by atoms with Crippen molar-refractivity contribution in [1.29, 1.82) is 0 Å². The van der Waals surface area contributed by atoms with E-state index in [0.29, 0.717) is 26.1 Å². The Morgan fingerprint density at radius 3 is 2.38 bits per heavy atom. The second-order valence-corrected chi connectivity index (χ2v) is 9.04. The van der Waals surface area contributed by atoms with Crippen LogP contribution in [-0.4, -0.2) is 48.3 Å². The number of hydrogen-bond donors (Lipinski definition) is 0. The van der Waals surface area contributed by atoms with Crippen molar-refractivity contribution < 1.29 is 21.6 Å². The summed E-state index contributed by atoms with van der Waals surface area (Å²) in [5.74, 6) is 0. The van der Waals surface area contributed by atoms with E-state index in [4.69, 9.17) is 0 Å². The molecule has 1 saturated heterocycles. The number of sulfonamides is 1. The van der Waals surface area contributed by atoms with Crippen molar-refractivity contribution in [3.63, 3.8) is 0 Å². The van der Waals surface area contributed by atoms with Crippen LogP contribution in [0.3, 0.4) is 0 Å². The Labute approximate surface area is 169 Å². The van der Waals surface area contributed by atoms with Crippen LogP contribution in [-0.2, 0) is 22.7 Å². The van der Waals surface area contributed by atoms with Crippen LogP contribution in [0, 0.1) is 0 Å². The normalized spacial score (nSPS) is 18.9. The first kappa shape index (κ1) is 21.7. The molecule has 0 aliphatic carbocycles. The maximum absolute atomic E-state index is 13.0. The zero-order chi connectivity index (χ0) is 21.1. The highest BCUT2D eigenvalue weighted by atomic mass is 32.2. The van der Waals surface area contributed by atoms with Gasteiger partial charge < -0.3 is 0 Å². The summed E-state index contributed by atoms with van der Waals surface area (Å²) in [4.78, 5) is 6.13. The molecule has 0 N–H and O–H groups in total. The molecule has 1 aliphatic heterocycles. The van der Waals surface area contributed by atoms with Crippen LogP contribution in [0.25, 0.3) is 0 Å². The van der Waals surface area contributed by atoms with Gasteiger partial charge in [0.15, 0.2) is 0 Å². The van der Waals surface area contributed by atoms with E-state index >= 15 is 0 Å². The van der Waals surface area contributed by atoms with Gasteiger partial charge in [-0.25, -0.2) is 8.42 Å². The summed E-state index contributed by atoms with van der Waals surface area (Å²) in [5, 5.41) is 0. The average Bonchev–Trinajstić information content (AvgIpc) is 2.72. The van der Waals surface area contributed by atoms with Crippen molar-refractivity contribution in [2.24, 2.45) is 0 Å². The number of alkyl halides is 3. The van der Waals surface area contributed by atoms with Crippen LogP contribution in [0.15, 0.2) is 53.7 Å². The van der Waals surface area contributed by atoms with E-state index in [1.165, 1.54) is 4.31 Å². The Kier molecular flexibility index (Phi) is 6.60. The lowest BCUT2D eigenvalue weighted by atomic mass is 10.1. The molecule has 1 aromatic heterocycles. The summed E-state index contributed by atoms with van der Waals surface area (Å²) < 4.78 is 65.6. The summed E-state index contributed by atoms with van der Waals surface area (Å²) >= 11 is 0.